The average Bonchev–Trinajstić information content (AvgIpc) is 2.69. The van der Waals surface area contributed by atoms with Crippen LogP contribution in [0, 0.1) is 0 Å². The lowest BCUT2D eigenvalue weighted by atomic mass is 9.86. The molecule has 0 radical (unpaired) electrons. The Hall–Kier alpha value is -3.01. The van der Waals surface area contributed by atoms with Crippen LogP contribution in [0.2, 0.25) is 0 Å². The molecule has 29 heavy (non-hydrogen) atoms. The van der Waals surface area contributed by atoms with Gasteiger partial charge in [-0.25, -0.2) is 4.79 Å². The molecule has 0 fully saturated rings. The van der Waals surface area contributed by atoms with Gasteiger partial charge in [0.05, 0.1) is 0 Å². The maximum absolute atomic E-state index is 12.6. The van der Waals surface area contributed by atoms with Crippen LogP contribution in [0.15, 0.2) is 69.9 Å². The number of hydrogen-bond donors (Lipinski definition) is 1. The quantitative estimate of drug-likeness (QED) is 0.545. The summed E-state index contributed by atoms with van der Waals surface area (Å²) in [7, 11) is 0. The minimum absolute atomic E-state index is 0.00749. The van der Waals surface area contributed by atoms with Gasteiger partial charge in [-0.1, -0.05) is 76.2 Å². The Balaban J connectivity index is 1.92. The third kappa shape index (κ3) is 4.89. The van der Waals surface area contributed by atoms with Crippen LogP contribution in [0.4, 0.5) is 0 Å². The van der Waals surface area contributed by atoms with Crippen LogP contribution >= 0.6 is 0 Å². The molecule has 0 aliphatic rings. The molecule has 0 saturated carbocycles. The number of hydrogen-bond acceptors (Lipinski definition) is 4. The monoisotopic (exact) mass is 392 g/mol. The molecule has 0 saturated heterocycles. The normalized spacial score (nSPS) is 12.6. The number of ether oxygens (including phenoxy) is 1. The zero-order valence-corrected chi connectivity index (χ0v) is 17.4. The van der Waals surface area contributed by atoms with Crippen molar-refractivity contribution in [1.82, 2.24) is 0 Å². The van der Waals surface area contributed by atoms with Crippen LogP contribution in [0.1, 0.15) is 56.9 Å². The molecule has 3 aromatic rings. The zero-order chi connectivity index (χ0) is 21.0. The fourth-order valence-electron chi connectivity index (χ4n) is 3.41. The van der Waals surface area contributed by atoms with E-state index in [4.69, 9.17) is 9.15 Å². The molecule has 4 heteroatoms. The summed E-state index contributed by atoms with van der Waals surface area (Å²) in [4.78, 5) is 12.6. The van der Waals surface area contributed by atoms with E-state index in [1.165, 1.54) is 6.07 Å². The molecule has 0 amide bonds. The van der Waals surface area contributed by atoms with Crippen molar-refractivity contribution in [3.63, 3.8) is 0 Å². The second-order valence-electron chi connectivity index (χ2n) is 8.29. The van der Waals surface area contributed by atoms with E-state index >= 15 is 0 Å². The summed E-state index contributed by atoms with van der Waals surface area (Å²) < 4.78 is 11.4. The van der Waals surface area contributed by atoms with Crippen LogP contribution in [0.3, 0.4) is 0 Å². The first-order valence-corrected chi connectivity index (χ1v) is 9.98. The SMILES string of the molecule is CCC(Cc1ccccc1)c1cc(O)c(Oc2ccccc2C(C)(C)C)c(=O)o1. The molecule has 0 spiro atoms. The van der Waals surface area contributed by atoms with Crippen molar-refractivity contribution in [1.29, 1.82) is 0 Å². The van der Waals surface area contributed by atoms with Gasteiger partial charge in [0.2, 0.25) is 0 Å². The van der Waals surface area contributed by atoms with Crippen molar-refractivity contribution in [3.8, 4) is 17.2 Å². The van der Waals surface area contributed by atoms with Gasteiger partial charge >= 0.3 is 5.63 Å². The average molecular weight is 392 g/mol. The Labute approximate surface area is 171 Å². The van der Waals surface area contributed by atoms with Crippen LogP contribution in [-0.4, -0.2) is 5.11 Å². The van der Waals surface area contributed by atoms with E-state index in [1.807, 2.05) is 55.5 Å². The largest absolute Gasteiger partial charge is 0.504 e. The van der Waals surface area contributed by atoms with Gasteiger partial charge < -0.3 is 14.3 Å². The summed E-state index contributed by atoms with van der Waals surface area (Å²) in [6, 6.07) is 19.0. The van der Waals surface area contributed by atoms with Gasteiger partial charge in [-0.15, -0.1) is 0 Å². The topological polar surface area (TPSA) is 59.7 Å². The van der Waals surface area contributed by atoms with Crippen LogP contribution in [-0.2, 0) is 11.8 Å². The number of benzene rings is 2. The van der Waals surface area contributed by atoms with Crippen molar-refractivity contribution >= 4 is 0 Å². The van der Waals surface area contributed by atoms with Crippen LogP contribution in [0.25, 0.3) is 0 Å². The fraction of sp³-hybridized carbons (Fsp3) is 0.320. The molecule has 152 valence electrons. The highest BCUT2D eigenvalue weighted by Gasteiger charge is 2.23. The Morgan fingerprint density at radius 2 is 1.69 bits per heavy atom. The molecule has 1 atom stereocenters. The van der Waals surface area contributed by atoms with E-state index in [2.05, 4.69) is 20.8 Å². The first-order valence-electron chi connectivity index (χ1n) is 9.98. The molecule has 1 N–H and O–H groups in total. The maximum atomic E-state index is 12.6. The molecule has 0 aliphatic carbocycles. The second kappa shape index (κ2) is 8.56. The van der Waals surface area contributed by atoms with Gasteiger partial charge in [0.15, 0.2) is 5.75 Å². The molecule has 3 rings (SSSR count). The predicted molar refractivity (Wildman–Crippen MR) is 115 cm³/mol. The Morgan fingerprint density at radius 1 is 1.03 bits per heavy atom. The fourth-order valence-corrected chi connectivity index (χ4v) is 3.41. The molecular weight excluding hydrogens is 364 g/mol. The smallest absolute Gasteiger partial charge is 0.383 e. The first-order chi connectivity index (χ1) is 13.8. The standard InChI is InChI=1S/C25H28O4/c1-5-18(15-17-11-7-6-8-12-17)22-16-20(26)23(24(27)29-22)28-21-14-10-9-13-19(21)25(2,3)4/h6-14,16,18,26H,5,15H2,1-4H3. The summed E-state index contributed by atoms with van der Waals surface area (Å²) in [5, 5.41) is 10.6. The number of rotatable bonds is 6. The second-order valence-corrected chi connectivity index (χ2v) is 8.29. The van der Waals surface area contributed by atoms with E-state index < -0.39 is 5.63 Å². The van der Waals surface area contributed by atoms with E-state index in [0.29, 0.717) is 11.5 Å². The molecule has 0 aliphatic heterocycles. The van der Waals surface area contributed by atoms with E-state index in [0.717, 1.165) is 24.0 Å². The molecule has 1 aromatic heterocycles. The van der Waals surface area contributed by atoms with Gasteiger partial charge in [0.1, 0.15) is 11.5 Å². The van der Waals surface area contributed by atoms with Gasteiger partial charge in [0, 0.05) is 17.5 Å². The Kier molecular flexibility index (Phi) is 6.12. The molecule has 4 nitrogen and oxygen atoms in total. The third-order valence-electron chi connectivity index (χ3n) is 5.03. The van der Waals surface area contributed by atoms with Crippen LogP contribution in [0.5, 0.6) is 17.2 Å². The summed E-state index contributed by atoms with van der Waals surface area (Å²) in [6.45, 7) is 8.23. The summed E-state index contributed by atoms with van der Waals surface area (Å²) >= 11 is 0. The first kappa shape index (κ1) is 20.7. The number of aromatic hydroxyl groups is 1. The van der Waals surface area contributed by atoms with E-state index in [1.54, 1.807) is 6.07 Å². The van der Waals surface area contributed by atoms with Gasteiger partial charge in [-0.3, -0.25) is 0 Å². The van der Waals surface area contributed by atoms with Crippen molar-refractivity contribution < 1.29 is 14.3 Å². The van der Waals surface area contributed by atoms with Gasteiger partial charge in [0.25, 0.3) is 5.75 Å². The molecule has 2 aromatic carbocycles. The molecule has 1 unspecified atom stereocenters. The predicted octanol–water partition coefficient (Wildman–Crippen LogP) is 6.17. The summed E-state index contributed by atoms with van der Waals surface area (Å²) in [5.74, 6) is 0.611. The van der Waals surface area contributed by atoms with Crippen molar-refractivity contribution in [2.24, 2.45) is 0 Å². The minimum Gasteiger partial charge on any atom is -0.504 e. The highest BCUT2D eigenvalue weighted by Crippen LogP contribution is 2.37. The number of para-hydroxylation sites is 1. The minimum atomic E-state index is -0.671. The van der Waals surface area contributed by atoms with Crippen molar-refractivity contribution in [2.45, 2.75) is 51.9 Å². The van der Waals surface area contributed by atoms with Crippen LogP contribution < -0.4 is 10.4 Å². The van der Waals surface area contributed by atoms with Crippen molar-refractivity contribution in [3.05, 3.63) is 88.0 Å². The molecular formula is C25H28O4. The molecule has 0 bridgehead atoms. The van der Waals surface area contributed by atoms with Crippen molar-refractivity contribution in [2.75, 3.05) is 0 Å². The van der Waals surface area contributed by atoms with Gasteiger partial charge in [-0.05, 0) is 29.9 Å². The summed E-state index contributed by atoms with van der Waals surface area (Å²) in [6.07, 6.45) is 1.51. The summed E-state index contributed by atoms with van der Waals surface area (Å²) in [5.41, 5.74) is 1.25. The third-order valence-corrected chi connectivity index (χ3v) is 5.03. The molecule has 1 heterocycles. The van der Waals surface area contributed by atoms with Gasteiger partial charge in [-0.2, -0.15) is 0 Å². The highest BCUT2D eigenvalue weighted by atomic mass is 16.5. The lowest BCUT2D eigenvalue weighted by Crippen LogP contribution is -2.14. The lowest BCUT2D eigenvalue weighted by Gasteiger charge is -2.22. The highest BCUT2D eigenvalue weighted by molar-refractivity contribution is 5.45. The Morgan fingerprint density at radius 3 is 2.31 bits per heavy atom. The lowest BCUT2D eigenvalue weighted by molar-refractivity contribution is 0.342. The van der Waals surface area contributed by atoms with E-state index in [9.17, 15) is 9.90 Å². The maximum Gasteiger partial charge on any atom is 0.383 e. The zero-order valence-electron chi connectivity index (χ0n) is 17.4. The van der Waals surface area contributed by atoms with E-state index in [-0.39, 0.29) is 22.8 Å². The Bertz CT molecular complexity index is 1010.